The van der Waals surface area contributed by atoms with Crippen molar-refractivity contribution in [1.29, 1.82) is 0 Å². The number of carbonyl (C=O) groups excluding carboxylic acids is 2. The molecule has 4 N–H and O–H groups in total. The van der Waals surface area contributed by atoms with Crippen LogP contribution in [0, 0.1) is 12.8 Å². The molecule has 0 aliphatic rings. The van der Waals surface area contributed by atoms with E-state index in [-0.39, 0.29) is 17.7 Å². The van der Waals surface area contributed by atoms with E-state index in [1.807, 2.05) is 20.8 Å². The molecule has 20 heavy (non-hydrogen) atoms. The third-order valence-electron chi connectivity index (χ3n) is 3.53. The second-order valence-electron chi connectivity index (χ2n) is 5.01. The van der Waals surface area contributed by atoms with Crippen LogP contribution >= 0.6 is 0 Å². The first-order valence-electron chi connectivity index (χ1n) is 6.79. The summed E-state index contributed by atoms with van der Waals surface area (Å²) in [6.45, 7) is 5.80. The van der Waals surface area contributed by atoms with Crippen molar-refractivity contribution in [3.8, 4) is 0 Å². The fourth-order valence-electron chi connectivity index (χ4n) is 1.82. The van der Waals surface area contributed by atoms with Crippen LogP contribution in [0.5, 0.6) is 0 Å². The van der Waals surface area contributed by atoms with Gasteiger partial charge in [0.2, 0.25) is 5.91 Å². The average molecular weight is 277 g/mol. The Bertz CT molecular complexity index is 500. The average Bonchev–Trinajstić information content (AvgIpc) is 2.46. The second kappa shape index (κ2) is 7.05. The molecule has 0 aromatic heterocycles. The molecule has 5 nitrogen and oxygen atoms in total. The minimum atomic E-state index is -0.530. The zero-order valence-electron chi connectivity index (χ0n) is 12.5. The van der Waals surface area contributed by atoms with Gasteiger partial charge in [0.1, 0.15) is 0 Å². The molecule has 2 unspecified atom stereocenters. The van der Waals surface area contributed by atoms with Crippen LogP contribution in [-0.4, -0.2) is 24.9 Å². The van der Waals surface area contributed by atoms with Crippen LogP contribution in [0.15, 0.2) is 18.2 Å². The van der Waals surface area contributed by atoms with Crippen molar-refractivity contribution in [2.45, 2.75) is 33.2 Å². The lowest BCUT2D eigenvalue weighted by Crippen LogP contribution is -2.40. The Kier molecular flexibility index (Phi) is 5.70. The monoisotopic (exact) mass is 277 g/mol. The first-order valence-corrected chi connectivity index (χ1v) is 6.79. The third kappa shape index (κ3) is 3.81. The highest BCUT2D eigenvalue weighted by molar-refractivity contribution is 5.97. The maximum absolute atomic E-state index is 12.0. The minimum absolute atomic E-state index is 0.125. The molecule has 1 aromatic carbocycles. The summed E-state index contributed by atoms with van der Waals surface area (Å²) in [4.78, 5) is 23.5. The maximum atomic E-state index is 12.0. The van der Waals surface area contributed by atoms with Gasteiger partial charge in [-0.05, 0) is 36.6 Å². The summed E-state index contributed by atoms with van der Waals surface area (Å²) in [7, 11) is 1.58. The van der Waals surface area contributed by atoms with Crippen molar-refractivity contribution in [1.82, 2.24) is 5.32 Å². The summed E-state index contributed by atoms with van der Waals surface area (Å²) in [5.74, 6) is -0.224. The lowest BCUT2D eigenvalue weighted by molar-refractivity contribution is -0.118. The van der Waals surface area contributed by atoms with E-state index in [9.17, 15) is 9.59 Å². The number of rotatable bonds is 5. The van der Waals surface area contributed by atoms with Crippen LogP contribution in [0.4, 0.5) is 5.69 Å². The van der Waals surface area contributed by atoms with Crippen molar-refractivity contribution < 1.29 is 9.59 Å². The Balaban J connectivity index is 2.84. The van der Waals surface area contributed by atoms with E-state index in [0.717, 1.165) is 12.0 Å². The lowest BCUT2D eigenvalue weighted by atomic mass is 9.99. The van der Waals surface area contributed by atoms with Gasteiger partial charge in [-0.15, -0.1) is 0 Å². The smallest absolute Gasteiger partial charge is 0.251 e. The van der Waals surface area contributed by atoms with Gasteiger partial charge in [-0.2, -0.15) is 0 Å². The van der Waals surface area contributed by atoms with E-state index in [4.69, 9.17) is 5.73 Å². The summed E-state index contributed by atoms with van der Waals surface area (Å²) in [5.41, 5.74) is 7.97. The minimum Gasteiger partial charge on any atom is -0.355 e. The molecule has 2 atom stereocenters. The largest absolute Gasteiger partial charge is 0.355 e. The Morgan fingerprint density at radius 2 is 2.00 bits per heavy atom. The van der Waals surface area contributed by atoms with E-state index in [0.29, 0.717) is 11.3 Å². The van der Waals surface area contributed by atoms with E-state index < -0.39 is 6.04 Å². The molecule has 0 bridgehead atoms. The van der Waals surface area contributed by atoms with Gasteiger partial charge in [0.05, 0.1) is 6.04 Å². The van der Waals surface area contributed by atoms with Crippen molar-refractivity contribution in [3.05, 3.63) is 29.3 Å². The van der Waals surface area contributed by atoms with Crippen LogP contribution in [0.2, 0.25) is 0 Å². The number of carbonyl (C=O) groups is 2. The van der Waals surface area contributed by atoms with Crippen molar-refractivity contribution in [3.63, 3.8) is 0 Å². The van der Waals surface area contributed by atoms with Gasteiger partial charge in [-0.3, -0.25) is 9.59 Å². The molecule has 5 heteroatoms. The Morgan fingerprint density at radius 1 is 1.35 bits per heavy atom. The molecule has 0 aliphatic carbocycles. The quantitative estimate of drug-likeness (QED) is 0.765. The van der Waals surface area contributed by atoms with Gasteiger partial charge >= 0.3 is 0 Å². The van der Waals surface area contributed by atoms with Crippen LogP contribution in [0.25, 0.3) is 0 Å². The SMILES string of the molecule is CCC(C)C(N)C(=O)Nc1ccc(C(=O)NC)cc1C. The Morgan fingerprint density at radius 3 is 2.50 bits per heavy atom. The van der Waals surface area contributed by atoms with Gasteiger partial charge < -0.3 is 16.4 Å². The van der Waals surface area contributed by atoms with Crippen LogP contribution < -0.4 is 16.4 Å². The standard InChI is InChI=1S/C15H23N3O2/c1-5-9(2)13(16)15(20)18-12-7-6-11(8-10(12)3)14(19)17-4/h6-9,13H,5,16H2,1-4H3,(H,17,19)(H,18,20). The number of nitrogens with one attached hydrogen (secondary N) is 2. The van der Waals surface area contributed by atoms with Gasteiger partial charge in [0.25, 0.3) is 5.91 Å². The van der Waals surface area contributed by atoms with E-state index in [1.165, 1.54) is 0 Å². The van der Waals surface area contributed by atoms with E-state index >= 15 is 0 Å². The predicted molar refractivity (Wildman–Crippen MR) is 80.6 cm³/mol. The Labute approximate surface area is 119 Å². The third-order valence-corrected chi connectivity index (χ3v) is 3.53. The number of benzene rings is 1. The van der Waals surface area contributed by atoms with Crippen LogP contribution in [-0.2, 0) is 4.79 Å². The number of nitrogens with two attached hydrogens (primary N) is 1. The van der Waals surface area contributed by atoms with Crippen molar-refractivity contribution >= 4 is 17.5 Å². The molecule has 2 amide bonds. The molecule has 0 radical (unpaired) electrons. The summed E-state index contributed by atoms with van der Waals surface area (Å²) in [6, 6.07) is 4.61. The fourth-order valence-corrected chi connectivity index (χ4v) is 1.82. The van der Waals surface area contributed by atoms with Gasteiger partial charge in [0, 0.05) is 18.3 Å². The molecule has 0 saturated heterocycles. The highest BCUT2D eigenvalue weighted by atomic mass is 16.2. The Hall–Kier alpha value is -1.88. The number of hydrogen-bond acceptors (Lipinski definition) is 3. The summed E-state index contributed by atoms with van der Waals surface area (Å²) in [5, 5.41) is 5.38. The highest BCUT2D eigenvalue weighted by Crippen LogP contribution is 2.17. The highest BCUT2D eigenvalue weighted by Gasteiger charge is 2.20. The normalized spacial score (nSPS) is 13.4. The number of anilines is 1. The van der Waals surface area contributed by atoms with Crippen molar-refractivity contribution in [2.24, 2.45) is 11.7 Å². The molecular weight excluding hydrogens is 254 g/mol. The topological polar surface area (TPSA) is 84.2 Å². The zero-order chi connectivity index (χ0) is 15.3. The zero-order valence-corrected chi connectivity index (χ0v) is 12.5. The molecule has 0 aliphatic heterocycles. The van der Waals surface area contributed by atoms with Gasteiger partial charge in [-0.1, -0.05) is 20.3 Å². The first-order chi connectivity index (χ1) is 9.40. The maximum Gasteiger partial charge on any atom is 0.251 e. The van der Waals surface area contributed by atoms with Gasteiger partial charge in [0.15, 0.2) is 0 Å². The molecule has 0 spiro atoms. The molecule has 0 saturated carbocycles. The summed E-state index contributed by atoms with van der Waals surface area (Å²) < 4.78 is 0. The first kappa shape index (κ1) is 16.2. The van der Waals surface area contributed by atoms with Crippen LogP contribution in [0.1, 0.15) is 36.2 Å². The number of hydrogen-bond donors (Lipinski definition) is 3. The second-order valence-corrected chi connectivity index (χ2v) is 5.01. The molecule has 0 heterocycles. The molecule has 0 fully saturated rings. The summed E-state index contributed by atoms with van der Waals surface area (Å²) in [6.07, 6.45) is 0.850. The molecule has 1 rings (SSSR count). The van der Waals surface area contributed by atoms with E-state index in [1.54, 1.807) is 25.2 Å². The summed E-state index contributed by atoms with van der Waals surface area (Å²) >= 11 is 0. The van der Waals surface area contributed by atoms with Gasteiger partial charge in [-0.25, -0.2) is 0 Å². The lowest BCUT2D eigenvalue weighted by Gasteiger charge is -2.18. The predicted octanol–water partition coefficient (Wildman–Crippen LogP) is 1.67. The van der Waals surface area contributed by atoms with Crippen LogP contribution in [0.3, 0.4) is 0 Å². The molecule has 110 valence electrons. The number of amides is 2. The number of aryl methyl sites for hydroxylation is 1. The fraction of sp³-hybridized carbons (Fsp3) is 0.467. The van der Waals surface area contributed by atoms with E-state index in [2.05, 4.69) is 10.6 Å². The molecular formula is C15H23N3O2. The van der Waals surface area contributed by atoms with Crippen molar-refractivity contribution in [2.75, 3.05) is 12.4 Å². The molecule has 1 aromatic rings.